The van der Waals surface area contributed by atoms with Crippen LogP contribution in [-0.2, 0) is 27.4 Å². The third kappa shape index (κ3) is 7.33. The predicted octanol–water partition coefficient (Wildman–Crippen LogP) is 1.17. The molecule has 3 amide bonds. The van der Waals surface area contributed by atoms with Crippen molar-refractivity contribution in [2.45, 2.75) is 19.1 Å². The molecule has 2 rings (SSSR count). The first-order valence-corrected chi connectivity index (χ1v) is 8.45. The fourth-order valence-corrected chi connectivity index (χ4v) is 2.27. The summed E-state index contributed by atoms with van der Waals surface area (Å²) in [4.78, 5) is 39.0. The molecule has 27 heavy (non-hydrogen) atoms. The number of hydrogen-bond donors (Lipinski definition) is 3. The monoisotopic (exact) mass is 390 g/mol. The van der Waals surface area contributed by atoms with Crippen LogP contribution in [0.4, 0.5) is 4.79 Å². The van der Waals surface area contributed by atoms with Gasteiger partial charge in [-0.2, -0.15) is 0 Å². The predicted molar refractivity (Wildman–Crippen MR) is 98.7 cm³/mol. The van der Waals surface area contributed by atoms with Crippen molar-refractivity contribution >= 4 is 29.5 Å². The van der Waals surface area contributed by atoms with Gasteiger partial charge in [0.2, 0.25) is 11.8 Å². The molecule has 0 aliphatic carbocycles. The molecule has 9 heteroatoms. The van der Waals surface area contributed by atoms with Crippen LogP contribution in [-0.4, -0.2) is 35.5 Å². The van der Waals surface area contributed by atoms with Gasteiger partial charge in [0, 0.05) is 12.6 Å². The molecule has 0 unspecified atom stereocenters. The summed E-state index contributed by atoms with van der Waals surface area (Å²) < 4.78 is 5.00. The van der Waals surface area contributed by atoms with Crippen molar-refractivity contribution in [3.8, 4) is 0 Å². The summed E-state index contributed by atoms with van der Waals surface area (Å²) in [7, 11) is 0. The Labute approximate surface area is 161 Å². The number of aromatic nitrogens is 1. The molecule has 0 aliphatic heterocycles. The molecule has 4 N–H and O–H groups in total. The zero-order chi connectivity index (χ0) is 19.6. The van der Waals surface area contributed by atoms with Gasteiger partial charge in [-0.15, -0.1) is 0 Å². The highest BCUT2D eigenvalue weighted by molar-refractivity contribution is 6.29. The van der Waals surface area contributed by atoms with E-state index in [1.807, 2.05) is 30.3 Å². The average Bonchev–Trinajstić information content (AvgIpc) is 2.66. The summed E-state index contributed by atoms with van der Waals surface area (Å²) >= 11 is 5.71. The number of halogens is 1. The summed E-state index contributed by atoms with van der Waals surface area (Å²) in [6.45, 7) is -0.266. The van der Waals surface area contributed by atoms with Gasteiger partial charge < -0.3 is 21.1 Å². The Morgan fingerprint density at radius 2 is 1.85 bits per heavy atom. The second-order valence-electron chi connectivity index (χ2n) is 5.63. The molecule has 2 aromatic rings. The van der Waals surface area contributed by atoms with E-state index >= 15 is 0 Å². The molecule has 8 nitrogen and oxygen atoms in total. The number of nitrogens with one attached hydrogen (secondary N) is 2. The third-order valence-electron chi connectivity index (χ3n) is 3.51. The zero-order valence-electron chi connectivity index (χ0n) is 14.4. The first-order valence-electron chi connectivity index (χ1n) is 8.07. The van der Waals surface area contributed by atoms with E-state index in [1.165, 1.54) is 6.20 Å². The number of rotatable bonds is 8. The Hall–Kier alpha value is -3.13. The minimum Gasteiger partial charge on any atom is -0.445 e. The van der Waals surface area contributed by atoms with Crippen molar-refractivity contribution in [2.75, 3.05) is 6.54 Å². The Morgan fingerprint density at radius 3 is 2.48 bits per heavy atom. The summed E-state index contributed by atoms with van der Waals surface area (Å²) in [6, 6.07) is 11.4. The number of carbonyl (C=O) groups excluding carboxylic acids is 3. The number of benzene rings is 1. The molecule has 1 aromatic carbocycles. The molecular weight excluding hydrogens is 372 g/mol. The topological polar surface area (TPSA) is 123 Å². The van der Waals surface area contributed by atoms with E-state index in [1.54, 1.807) is 12.1 Å². The highest BCUT2D eigenvalue weighted by atomic mass is 35.5. The highest BCUT2D eigenvalue weighted by Gasteiger charge is 2.19. The van der Waals surface area contributed by atoms with Crippen LogP contribution in [0.2, 0.25) is 5.15 Å². The number of nitrogens with zero attached hydrogens (tertiary/aromatic N) is 1. The van der Waals surface area contributed by atoms with Crippen molar-refractivity contribution in [3.63, 3.8) is 0 Å². The van der Waals surface area contributed by atoms with Gasteiger partial charge in [0.15, 0.2) is 0 Å². The van der Waals surface area contributed by atoms with Gasteiger partial charge in [0.25, 0.3) is 0 Å². The second-order valence-corrected chi connectivity index (χ2v) is 6.02. The van der Waals surface area contributed by atoms with Crippen LogP contribution in [0.5, 0.6) is 0 Å². The van der Waals surface area contributed by atoms with Crippen LogP contribution in [0, 0.1) is 0 Å². The number of primary amides is 1. The van der Waals surface area contributed by atoms with E-state index < -0.39 is 23.9 Å². The number of amides is 3. The van der Waals surface area contributed by atoms with Crippen molar-refractivity contribution in [2.24, 2.45) is 5.73 Å². The first-order chi connectivity index (χ1) is 12.9. The van der Waals surface area contributed by atoms with E-state index in [4.69, 9.17) is 22.1 Å². The Morgan fingerprint density at radius 1 is 1.11 bits per heavy atom. The lowest BCUT2D eigenvalue weighted by molar-refractivity contribution is -0.126. The maximum Gasteiger partial charge on any atom is 0.407 e. The molecule has 1 aromatic heterocycles. The van der Waals surface area contributed by atoms with E-state index in [0.717, 1.165) is 5.56 Å². The van der Waals surface area contributed by atoms with Crippen LogP contribution >= 0.6 is 11.6 Å². The normalized spacial score (nSPS) is 11.3. The van der Waals surface area contributed by atoms with Crippen molar-refractivity contribution < 1.29 is 19.1 Å². The Bertz CT molecular complexity index is 784. The Balaban J connectivity index is 1.77. The van der Waals surface area contributed by atoms with Crippen molar-refractivity contribution in [3.05, 3.63) is 64.9 Å². The number of alkyl carbamates (subject to hydrolysis) is 1. The Kier molecular flexibility index (Phi) is 7.57. The lowest BCUT2D eigenvalue weighted by atomic mass is 10.1. The van der Waals surface area contributed by atoms with Gasteiger partial charge >= 0.3 is 6.09 Å². The first kappa shape index (κ1) is 20.2. The van der Waals surface area contributed by atoms with E-state index in [0.29, 0.717) is 10.7 Å². The molecule has 0 radical (unpaired) electrons. The lowest BCUT2D eigenvalue weighted by Gasteiger charge is -2.15. The largest absolute Gasteiger partial charge is 0.445 e. The molecular formula is C18H19ClN4O4. The SMILES string of the molecule is NC(=O)[C@@H](Cc1ccc(Cl)nc1)NC(=O)CNC(=O)OCc1ccccc1. The summed E-state index contributed by atoms with van der Waals surface area (Å²) in [5.41, 5.74) is 6.82. The van der Waals surface area contributed by atoms with Gasteiger partial charge in [0.1, 0.15) is 24.3 Å². The van der Waals surface area contributed by atoms with Gasteiger partial charge in [-0.3, -0.25) is 9.59 Å². The number of nitrogens with two attached hydrogens (primary N) is 1. The quantitative estimate of drug-likeness (QED) is 0.584. The minimum absolute atomic E-state index is 0.0851. The van der Waals surface area contributed by atoms with Crippen LogP contribution in [0.3, 0.4) is 0 Å². The number of carbonyl (C=O) groups is 3. The summed E-state index contributed by atoms with van der Waals surface area (Å²) in [5.74, 6) is -1.28. The standard InChI is InChI=1S/C18H19ClN4O4/c19-15-7-6-13(9-21-15)8-14(17(20)25)23-16(24)10-22-18(26)27-11-12-4-2-1-3-5-12/h1-7,9,14H,8,10-11H2,(H2,20,25)(H,22,26)(H,23,24)/t14-/m1/s1. The maximum absolute atomic E-state index is 12.0. The minimum atomic E-state index is -0.942. The fourth-order valence-electron chi connectivity index (χ4n) is 2.16. The smallest absolute Gasteiger partial charge is 0.407 e. The van der Waals surface area contributed by atoms with E-state index in [2.05, 4.69) is 15.6 Å². The van der Waals surface area contributed by atoms with Crippen LogP contribution < -0.4 is 16.4 Å². The van der Waals surface area contributed by atoms with Crippen LogP contribution in [0.1, 0.15) is 11.1 Å². The molecule has 0 bridgehead atoms. The van der Waals surface area contributed by atoms with Crippen molar-refractivity contribution in [1.29, 1.82) is 0 Å². The maximum atomic E-state index is 12.0. The molecule has 0 spiro atoms. The third-order valence-corrected chi connectivity index (χ3v) is 3.74. The molecule has 1 heterocycles. The molecule has 0 saturated carbocycles. The van der Waals surface area contributed by atoms with Crippen LogP contribution in [0.15, 0.2) is 48.7 Å². The lowest BCUT2D eigenvalue weighted by Crippen LogP contribution is -2.49. The highest BCUT2D eigenvalue weighted by Crippen LogP contribution is 2.07. The van der Waals surface area contributed by atoms with Gasteiger partial charge in [-0.05, 0) is 17.2 Å². The average molecular weight is 391 g/mol. The zero-order valence-corrected chi connectivity index (χ0v) is 15.1. The summed E-state index contributed by atoms with van der Waals surface area (Å²) in [6.07, 6.45) is 0.902. The van der Waals surface area contributed by atoms with E-state index in [9.17, 15) is 14.4 Å². The van der Waals surface area contributed by atoms with Gasteiger partial charge in [-0.25, -0.2) is 9.78 Å². The number of pyridine rings is 1. The van der Waals surface area contributed by atoms with Gasteiger partial charge in [0.05, 0.1) is 0 Å². The molecule has 1 atom stereocenters. The molecule has 0 fully saturated rings. The molecule has 0 saturated heterocycles. The second kappa shape index (κ2) is 10.1. The van der Waals surface area contributed by atoms with Crippen molar-refractivity contribution in [1.82, 2.24) is 15.6 Å². The van der Waals surface area contributed by atoms with E-state index in [-0.39, 0.29) is 19.6 Å². The molecule has 0 aliphatic rings. The number of ether oxygens (including phenoxy) is 1. The number of hydrogen-bond acceptors (Lipinski definition) is 5. The molecule has 142 valence electrons. The van der Waals surface area contributed by atoms with Gasteiger partial charge in [-0.1, -0.05) is 48.0 Å². The van der Waals surface area contributed by atoms with Crippen LogP contribution in [0.25, 0.3) is 0 Å². The fraction of sp³-hybridized carbons (Fsp3) is 0.222. The summed E-state index contributed by atoms with van der Waals surface area (Å²) in [5, 5.41) is 5.09.